The fourth-order valence-corrected chi connectivity index (χ4v) is 4.56. The van der Waals surface area contributed by atoms with E-state index in [4.69, 9.17) is 20.4 Å². The number of fused-ring (bicyclic) bond motifs is 1. The molecule has 0 radical (unpaired) electrons. The fourth-order valence-electron chi connectivity index (χ4n) is 4.56. The zero-order chi connectivity index (χ0) is 25.3. The van der Waals surface area contributed by atoms with Gasteiger partial charge in [0.1, 0.15) is 22.9 Å². The Kier molecular flexibility index (Phi) is 7.27. The van der Waals surface area contributed by atoms with Crippen LogP contribution >= 0.6 is 0 Å². The minimum Gasteiger partial charge on any atom is -0.507 e. The number of phenolic OH excluding ortho intramolecular Hbond substituents is 2. The average molecular weight is 487 g/mol. The number of methoxy groups -OCH3 is 1. The summed E-state index contributed by atoms with van der Waals surface area (Å²) in [7, 11) is 1.48. The number of benzene rings is 1. The first-order valence-corrected chi connectivity index (χ1v) is 12.3. The van der Waals surface area contributed by atoms with Crippen LogP contribution in [-0.4, -0.2) is 51.5 Å². The van der Waals surface area contributed by atoms with Gasteiger partial charge < -0.3 is 31.3 Å². The first kappa shape index (κ1) is 24.9. The van der Waals surface area contributed by atoms with Crippen molar-refractivity contribution in [2.45, 2.75) is 84.1 Å². The number of nitrogens with one attached hydrogen (secondary N) is 3. The molecule has 1 aliphatic carbocycles. The van der Waals surface area contributed by atoms with Crippen molar-refractivity contribution in [2.75, 3.05) is 27.8 Å². The molecule has 11 nitrogen and oxygen atoms in total. The Labute approximate surface area is 206 Å². The number of aromatic hydroxyl groups is 2. The summed E-state index contributed by atoms with van der Waals surface area (Å²) in [6.45, 7) is 8.50. The van der Waals surface area contributed by atoms with Gasteiger partial charge in [0.2, 0.25) is 5.95 Å². The molecule has 2 unspecified atom stereocenters. The number of nitrogens with zero attached hydrogens (tertiary/aromatic N) is 4. The number of rotatable bonds is 8. The maximum Gasteiger partial charge on any atom is 0.227 e. The quantitative estimate of drug-likeness (QED) is 0.327. The van der Waals surface area contributed by atoms with Crippen molar-refractivity contribution in [3.8, 4) is 17.2 Å². The molecule has 0 saturated heterocycles. The van der Waals surface area contributed by atoms with Gasteiger partial charge in [-0.1, -0.05) is 12.8 Å². The van der Waals surface area contributed by atoms with Gasteiger partial charge in [-0.25, -0.2) is 0 Å². The number of hydrogen-bond acceptors (Lipinski definition) is 11. The highest BCUT2D eigenvalue weighted by Crippen LogP contribution is 2.41. The highest BCUT2D eigenvalue weighted by atomic mass is 16.5. The third-order valence-electron chi connectivity index (χ3n) is 6.56. The van der Waals surface area contributed by atoms with Crippen LogP contribution in [0.2, 0.25) is 0 Å². The first-order chi connectivity index (χ1) is 16.7. The maximum atomic E-state index is 10.5. The van der Waals surface area contributed by atoms with Crippen LogP contribution in [0.1, 0.15) is 58.9 Å². The maximum absolute atomic E-state index is 10.5. The molecule has 11 heteroatoms. The van der Waals surface area contributed by atoms with Crippen molar-refractivity contribution in [3.05, 3.63) is 17.7 Å². The van der Waals surface area contributed by atoms with Gasteiger partial charge in [-0.05, 0) is 40.5 Å². The second-order valence-corrected chi connectivity index (χ2v) is 9.79. The van der Waals surface area contributed by atoms with Gasteiger partial charge in [0.25, 0.3) is 0 Å². The lowest BCUT2D eigenvalue weighted by atomic mass is 9.91. The SMILES string of the molecule is COc1cc(O)c(CNc2nc(NC3CCCCC3N)nc3c2N(C(C)C)NN3C(C)C)c(O)c1. The molecule has 35 heavy (non-hydrogen) atoms. The van der Waals surface area contributed by atoms with Crippen LogP contribution in [0.5, 0.6) is 17.2 Å². The number of ether oxygens (including phenoxy) is 1. The lowest BCUT2D eigenvalue weighted by Gasteiger charge is -2.29. The van der Waals surface area contributed by atoms with Crippen LogP contribution in [0.3, 0.4) is 0 Å². The Morgan fingerprint density at radius 3 is 2.34 bits per heavy atom. The summed E-state index contributed by atoms with van der Waals surface area (Å²) >= 11 is 0. The van der Waals surface area contributed by atoms with Crippen molar-refractivity contribution in [3.63, 3.8) is 0 Å². The van der Waals surface area contributed by atoms with Crippen molar-refractivity contribution < 1.29 is 14.9 Å². The molecule has 1 fully saturated rings. The zero-order valence-corrected chi connectivity index (χ0v) is 21.2. The van der Waals surface area contributed by atoms with Gasteiger partial charge >= 0.3 is 0 Å². The lowest BCUT2D eigenvalue weighted by molar-refractivity contribution is 0.394. The average Bonchev–Trinajstić information content (AvgIpc) is 3.20. The number of anilines is 4. The third kappa shape index (κ3) is 5.10. The van der Waals surface area contributed by atoms with Gasteiger partial charge in [-0.2, -0.15) is 9.97 Å². The smallest absolute Gasteiger partial charge is 0.227 e. The van der Waals surface area contributed by atoms with Crippen LogP contribution in [0, 0.1) is 0 Å². The highest BCUT2D eigenvalue weighted by molar-refractivity contribution is 5.83. The van der Waals surface area contributed by atoms with E-state index < -0.39 is 0 Å². The van der Waals surface area contributed by atoms with Crippen LogP contribution < -0.4 is 36.7 Å². The summed E-state index contributed by atoms with van der Waals surface area (Å²) < 4.78 is 5.13. The molecule has 2 heterocycles. The summed E-state index contributed by atoms with van der Waals surface area (Å²) in [5, 5.41) is 31.7. The Morgan fingerprint density at radius 1 is 1.09 bits per heavy atom. The van der Waals surface area contributed by atoms with E-state index in [0.29, 0.717) is 23.1 Å². The predicted molar refractivity (Wildman–Crippen MR) is 138 cm³/mol. The van der Waals surface area contributed by atoms with Crippen LogP contribution in [-0.2, 0) is 6.54 Å². The Balaban J connectivity index is 1.71. The fraction of sp³-hybridized carbons (Fsp3) is 0.583. The van der Waals surface area contributed by atoms with E-state index in [9.17, 15) is 10.2 Å². The zero-order valence-electron chi connectivity index (χ0n) is 21.2. The van der Waals surface area contributed by atoms with Crippen molar-refractivity contribution in [1.82, 2.24) is 15.5 Å². The summed E-state index contributed by atoms with van der Waals surface area (Å²) in [5.41, 5.74) is 11.0. The predicted octanol–water partition coefficient (Wildman–Crippen LogP) is 3.05. The summed E-state index contributed by atoms with van der Waals surface area (Å²) in [4.78, 5) is 9.70. The Bertz CT molecular complexity index is 1020. The van der Waals surface area contributed by atoms with Crippen LogP contribution in [0.25, 0.3) is 0 Å². The van der Waals surface area contributed by atoms with Crippen molar-refractivity contribution >= 4 is 23.3 Å². The molecule has 2 atom stereocenters. The topological polar surface area (TPSA) is 144 Å². The van der Waals surface area contributed by atoms with Crippen molar-refractivity contribution in [1.29, 1.82) is 0 Å². The molecule has 1 aliphatic heterocycles. The van der Waals surface area contributed by atoms with Gasteiger partial charge in [0.15, 0.2) is 11.6 Å². The van der Waals surface area contributed by atoms with Gasteiger partial charge in [-0.3, -0.25) is 10.0 Å². The minimum atomic E-state index is -0.0609. The van der Waals surface area contributed by atoms with E-state index in [2.05, 4.69) is 43.9 Å². The van der Waals surface area contributed by atoms with E-state index in [1.54, 1.807) is 0 Å². The molecular weight excluding hydrogens is 448 g/mol. The monoisotopic (exact) mass is 486 g/mol. The second kappa shape index (κ2) is 10.2. The number of aromatic nitrogens is 2. The molecule has 0 bridgehead atoms. The van der Waals surface area contributed by atoms with E-state index >= 15 is 0 Å². The molecule has 1 saturated carbocycles. The summed E-state index contributed by atoms with van der Waals surface area (Å²) in [6, 6.07) is 3.36. The Morgan fingerprint density at radius 2 is 1.74 bits per heavy atom. The third-order valence-corrected chi connectivity index (χ3v) is 6.56. The molecule has 0 amide bonds. The molecule has 2 aliphatic rings. The first-order valence-electron chi connectivity index (χ1n) is 12.3. The largest absolute Gasteiger partial charge is 0.507 e. The molecule has 4 rings (SSSR count). The number of nitrogens with two attached hydrogens (primary N) is 1. The Hall–Kier alpha value is -3.18. The van der Waals surface area contributed by atoms with E-state index in [0.717, 1.165) is 37.2 Å². The lowest BCUT2D eigenvalue weighted by Crippen LogP contribution is -2.50. The summed E-state index contributed by atoms with van der Waals surface area (Å²) in [6.07, 6.45) is 4.21. The van der Waals surface area contributed by atoms with Crippen LogP contribution in [0.15, 0.2) is 12.1 Å². The van der Waals surface area contributed by atoms with Crippen molar-refractivity contribution in [2.24, 2.45) is 5.73 Å². The molecule has 1 aromatic carbocycles. The van der Waals surface area contributed by atoms with E-state index in [1.807, 2.05) is 10.0 Å². The van der Waals surface area contributed by atoms with E-state index in [-0.39, 0.29) is 42.2 Å². The minimum absolute atomic E-state index is 0.0525. The van der Waals surface area contributed by atoms with E-state index in [1.165, 1.54) is 19.2 Å². The van der Waals surface area contributed by atoms with Gasteiger partial charge in [-0.15, -0.1) is 5.53 Å². The number of hydrogen-bond donors (Lipinski definition) is 6. The van der Waals surface area contributed by atoms with Crippen LogP contribution in [0.4, 0.5) is 23.3 Å². The molecule has 7 N–H and O–H groups in total. The number of phenols is 2. The standard InChI is InChI=1S/C24H38N8O3/c1-13(2)31-21-22(26-12-16-19(33)10-15(35-5)11-20(16)34)28-24(27-18-9-7-6-8-17(18)25)29-23(21)32(30-31)14(3)4/h10-11,13-14,17-18,30,33-34H,6-9,12,25H2,1-5H3,(H2,26,27,28,29). The molecular formula is C24H38N8O3. The molecule has 0 spiro atoms. The molecule has 2 aromatic rings. The second-order valence-electron chi connectivity index (χ2n) is 9.79. The number of hydrazine groups is 2. The van der Waals surface area contributed by atoms with Gasteiger partial charge in [0.05, 0.1) is 12.7 Å². The summed E-state index contributed by atoms with van der Waals surface area (Å²) in [5.74, 6) is 2.09. The normalized spacial score (nSPS) is 19.9. The highest BCUT2D eigenvalue weighted by Gasteiger charge is 2.35. The molecule has 192 valence electrons. The van der Waals surface area contributed by atoms with Gasteiger partial charge in [0, 0.05) is 42.8 Å². The molecule has 1 aromatic heterocycles.